The second kappa shape index (κ2) is 8.15. The van der Waals surface area contributed by atoms with Crippen molar-refractivity contribution >= 4 is 23.2 Å². The summed E-state index contributed by atoms with van der Waals surface area (Å²) in [6, 6.07) is 14.8. The fourth-order valence-corrected chi connectivity index (χ4v) is 2.56. The maximum atomic E-state index is 12.7. The van der Waals surface area contributed by atoms with E-state index in [0.29, 0.717) is 23.5 Å². The Morgan fingerprint density at radius 2 is 1.79 bits per heavy atom. The van der Waals surface area contributed by atoms with Gasteiger partial charge in [-0.05, 0) is 30.2 Å². The van der Waals surface area contributed by atoms with Crippen LogP contribution in [0.15, 0.2) is 48.5 Å². The Bertz CT molecular complexity index is 714. The molecule has 0 aliphatic rings. The molecule has 5 nitrogen and oxygen atoms in total. The lowest BCUT2D eigenvalue weighted by molar-refractivity contribution is -0.117. The molecule has 2 amide bonds. The largest absolute Gasteiger partial charge is 0.495 e. The molecule has 0 saturated heterocycles. The molecular weight excluding hydrogens is 304 g/mol. The van der Waals surface area contributed by atoms with Gasteiger partial charge in [-0.25, -0.2) is 0 Å². The number of amides is 2. The molecule has 0 radical (unpaired) electrons. The molecule has 0 saturated carbocycles. The number of hydrogen-bond acceptors (Lipinski definition) is 3. The van der Waals surface area contributed by atoms with Crippen LogP contribution in [0.2, 0.25) is 0 Å². The number of hydrogen-bond donors (Lipinski definition) is 2. The molecule has 0 aliphatic carbocycles. The standard InChI is InChI=1S/C19H22N2O3/c1-4-16(14-8-6-5-7-9-14)19(23)21-17-12-15(20-13(2)22)10-11-18(17)24-3/h5-12,16H,4H2,1-3H3,(H,20,22)(H,21,23). The molecule has 2 rings (SSSR count). The first kappa shape index (κ1) is 17.5. The Hall–Kier alpha value is -2.82. The summed E-state index contributed by atoms with van der Waals surface area (Å²) in [5, 5.41) is 5.61. The van der Waals surface area contributed by atoms with Gasteiger partial charge in [0.05, 0.1) is 18.7 Å². The number of benzene rings is 2. The Balaban J connectivity index is 2.24. The van der Waals surface area contributed by atoms with Gasteiger partial charge >= 0.3 is 0 Å². The highest BCUT2D eigenvalue weighted by Gasteiger charge is 2.20. The van der Waals surface area contributed by atoms with Crippen LogP contribution in [0.5, 0.6) is 5.75 Å². The molecule has 2 N–H and O–H groups in total. The first-order valence-corrected chi connectivity index (χ1v) is 7.86. The van der Waals surface area contributed by atoms with Gasteiger partial charge in [0, 0.05) is 12.6 Å². The van der Waals surface area contributed by atoms with Crippen molar-refractivity contribution in [1.29, 1.82) is 0 Å². The predicted octanol–water partition coefficient (Wildman–Crippen LogP) is 3.79. The minimum Gasteiger partial charge on any atom is -0.495 e. The fraction of sp³-hybridized carbons (Fsp3) is 0.263. The molecule has 2 aromatic rings. The first-order valence-electron chi connectivity index (χ1n) is 7.86. The van der Waals surface area contributed by atoms with Crippen molar-refractivity contribution < 1.29 is 14.3 Å². The van der Waals surface area contributed by atoms with E-state index in [4.69, 9.17) is 4.74 Å². The summed E-state index contributed by atoms with van der Waals surface area (Å²) in [4.78, 5) is 23.9. The number of carbonyl (C=O) groups excluding carboxylic acids is 2. The molecular formula is C19H22N2O3. The lowest BCUT2D eigenvalue weighted by atomic mass is 9.95. The normalized spacial score (nSPS) is 11.5. The highest BCUT2D eigenvalue weighted by molar-refractivity contribution is 5.98. The Kier molecular flexibility index (Phi) is 5.95. The summed E-state index contributed by atoms with van der Waals surface area (Å²) >= 11 is 0. The summed E-state index contributed by atoms with van der Waals surface area (Å²) in [6.07, 6.45) is 0.684. The van der Waals surface area contributed by atoms with E-state index in [0.717, 1.165) is 5.56 Å². The van der Waals surface area contributed by atoms with E-state index in [1.54, 1.807) is 18.2 Å². The summed E-state index contributed by atoms with van der Waals surface area (Å²) in [7, 11) is 1.54. The third-order valence-electron chi connectivity index (χ3n) is 3.70. The molecule has 1 unspecified atom stereocenters. The lowest BCUT2D eigenvalue weighted by Gasteiger charge is -2.17. The predicted molar refractivity (Wildman–Crippen MR) is 95.4 cm³/mol. The molecule has 0 heterocycles. The monoisotopic (exact) mass is 326 g/mol. The van der Waals surface area contributed by atoms with E-state index < -0.39 is 0 Å². The van der Waals surface area contributed by atoms with Crippen molar-refractivity contribution in [1.82, 2.24) is 0 Å². The quantitative estimate of drug-likeness (QED) is 0.849. The molecule has 0 fully saturated rings. The van der Waals surface area contributed by atoms with Crippen LogP contribution in [0.3, 0.4) is 0 Å². The highest BCUT2D eigenvalue weighted by atomic mass is 16.5. The van der Waals surface area contributed by atoms with Crippen LogP contribution in [0.4, 0.5) is 11.4 Å². The van der Waals surface area contributed by atoms with Gasteiger partial charge in [0.1, 0.15) is 5.75 Å². The van der Waals surface area contributed by atoms with Gasteiger partial charge in [-0.15, -0.1) is 0 Å². The van der Waals surface area contributed by atoms with Crippen molar-refractivity contribution in [3.05, 3.63) is 54.1 Å². The second-order valence-electron chi connectivity index (χ2n) is 5.46. The number of anilines is 2. The number of nitrogens with one attached hydrogen (secondary N) is 2. The molecule has 2 aromatic carbocycles. The fourth-order valence-electron chi connectivity index (χ4n) is 2.56. The zero-order chi connectivity index (χ0) is 17.5. The van der Waals surface area contributed by atoms with Crippen LogP contribution in [0.1, 0.15) is 31.7 Å². The van der Waals surface area contributed by atoms with E-state index in [-0.39, 0.29) is 17.7 Å². The summed E-state index contributed by atoms with van der Waals surface area (Å²) in [5.41, 5.74) is 2.10. The minimum absolute atomic E-state index is 0.109. The molecule has 0 spiro atoms. The van der Waals surface area contributed by atoms with Crippen LogP contribution in [0, 0.1) is 0 Å². The van der Waals surface area contributed by atoms with E-state index in [1.807, 2.05) is 37.3 Å². The van der Waals surface area contributed by atoms with Gasteiger partial charge < -0.3 is 15.4 Å². The van der Waals surface area contributed by atoms with Gasteiger partial charge in [0.15, 0.2) is 0 Å². The lowest BCUT2D eigenvalue weighted by Crippen LogP contribution is -2.21. The van der Waals surface area contributed by atoms with E-state index in [9.17, 15) is 9.59 Å². The van der Waals surface area contributed by atoms with E-state index in [1.165, 1.54) is 14.0 Å². The topological polar surface area (TPSA) is 67.4 Å². The third kappa shape index (κ3) is 4.35. The van der Waals surface area contributed by atoms with Crippen molar-refractivity contribution in [2.24, 2.45) is 0 Å². The van der Waals surface area contributed by atoms with Crippen molar-refractivity contribution in [3.8, 4) is 5.75 Å². The van der Waals surface area contributed by atoms with Crippen molar-refractivity contribution in [2.75, 3.05) is 17.7 Å². The van der Waals surface area contributed by atoms with Crippen LogP contribution >= 0.6 is 0 Å². The van der Waals surface area contributed by atoms with Crippen LogP contribution < -0.4 is 15.4 Å². The Labute approximate surface area is 142 Å². The number of ether oxygens (including phenoxy) is 1. The van der Waals surface area contributed by atoms with Gasteiger partial charge in [0.2, 0.25) is 11.8 Å². The SMILES string of the molecule is CCC(C(=O)Nc1cc(NC(C)=O)ccc1OC)c1ccccc1. The zero-order valence-corrected chi connectivity index (χ0v) is 14.1. The smallest absolute Gasteiger partial charge is 0.232 e. The summed E-state index contributed by atoms with van der Waals surface area (Å²) in [5.74, 6) is 0.0100. The van der Waals surface area contributed by atoms with Gasteiger partial charge in [-0.2, -0.15) is 0 Å². The van der Waals surface area contributed by atoms with Crippen LogP contribution in [-0.4, -0.2) is 18.9 Å². The number of rotatable bonds is 6. The molecule has 0 aromatic heterocycles. The highest BCUT2D eigenvalue weighted by Crippen LogP contribution is 2.30. The summed E-state index contributed by atoms with van der Waals surface area (Å²) in [6.45, 7) is 3.41. The average Bonchev–Trinajstić information content (AvgIpc) is 2.56. The third-order valence-corrected chi connectivity index (χ3v) is 3.70. The van der Waals surface area contributed by atoms with Crippen molar-refractivity contribution in [2.45, 2.75) is 26.2 Å². The molecule has 24 heavy (non-hydrogen) atoms. The molecule has 0 bridgehead atoms. The maximum Gasteiger partial charge on any atom is 0.232 e. The maximum absolute atomic E-state index is 12.7. The second-order valence-corrected chi connectivity index (χ2v) is 5.46. The Morgan fingerprint density at radius 1 is 1.08 bits per heavy atom. The first-order chi connectivity index (χ1) is 11.5. The molecule has 1 atom stereocenters. The van der Waals surface area contributed by atoms with Gasteiger partial charge in [0.25, 0.3) is 0 Å². The molecule has 0 aliphatic heterocycles. The zero-order valence-electron chi connectivity index (χ0n) is 14.1. The van der Waals surface area contributed by atoms with Crippen molar-refractivity contribution in [3.63, 3.8) is 0 Å². The molecule has 126 valence electrons. The number of carbonyl (C=O) groups is 2. The summed E-state index contributed by atoms with van der Waals surface area (Å²) < 4.78 is 5.30. The number of methoxy groups -OCH3 is 1. The van der Waals surface area contributed by atoms with Crippen LogP contribution in [0.25, 0.3) is 0 Å². The van der Waals surface area contributed by atoms with Crippen LogP contribution in [-0.2, 0) is 9.59 Å². The van der Waals surface area contributed by atoms with E-state index >= 15 is 0 Å². The van der Waals surface area contributed by atoms with Gasteiger partial charge in [-0.1, -0.05) is 37.3 Å². The van der Waals surface area contributed by atoms with Gasteiger partial charge in [-0.3, -0.25) is 9.59 Å². The Morgan fingerprint density at radius 3 is 2.38 bits per heavy atom. The average molecular weight is 326 g/mol. The van der Waals surface area contributed by atoms with E-state index in [2.05, 4.69) is 10.6 Å². The molecule has 5 heteroatoms. The minimum atomic E-state index is -0.250.